The Morgan fingerprint density at radius 3 is 2.53 bits per heavy atom. The van der Waals surface area contributed by atoms with Crippen molar-refractivity contribution in [2.24, 2.45) is 5.92 Å². The van der Waals surface area contributed by atoms with Crippen molar-refractivity contribution in [3.63, 3.8) is 0 Å². The Bertz CT molecular complexity index is 1070. The molecule has 0 aromatic heterocycles. The number of rotatable bonds is 8. The SMILES string of the molecule is C[C@@H](CNC(=O)c1cccc(NC(=O)OCc2ccccc2)c1)Cc1cc(F)ccc1F. The van der Waals surface area contributed by atoms with Crippen LogP contribution in [0.3, 0.4) is 0 Å². The third-order valence-electron chi connectivity index (χ3n) is 4.77. The van der Waals surface area contributed by atoms with Crippen LogP contribution in [0.1, 0.15) is 28.4 Å². The number of hydrogen-bond acceptors (Lipinski definition) is 3. The number of benzene rings is 3. The topological polar surface area (TPSA) is 67.4 Å². The third kappa shape index (κ3) is 6.91. The zero-order valence-corrected chi connectivity index (χ0v) is 17.6. The molecule has 0 saturated heterocycles. The molecule has 0 saturated carbocycles. The maximum absolute atomic E-state index is 13.8. The minimum absolute atomic E-state index is 0.107. The summed E-state index contributed by atoms with van der Waals surface area (Å²) in [6, 6.07) is 19.1. The van der Waals surface area contributed by atoms with E-state index < -0.39 is 17.7 Å². The molecular weight excluding hydrogens is 414 g/mol. The first kappa shape index (κ1) is 22.9. The van der Waals surface area contributed by atoms with E-state index in [1.165, 1.54) is 12.1 Å². The lowest BCUT2D eigenvalue weighted by Gasteiger charge is -2.14. The molecule has 0 spiro atoms. The number of halogens is 2. The summed E-state index contributed by atoms with van der Waals surface area (Å²) >= 11 is 0. The molecule has 0 unspecified atom stereocenters. The Kier molecular flexibility index (Phi) is 7.91. The lowest BCUT2D eigenvalue weighted by molar-refractivity contribution is 0.0948. The Morgan fingerprint density at radius 1 is 0.969 bits per heavy atom. The summed E-state index contributed by atoms with van der Waals surface area (Å²) in [4.78, 5) is 24.5. The Labute approximate surface area is 185 Å². The summed E-state index contributed by atoms with van der Waals surface area (Å²) in [5, 5.41) is 5.38. The molecule has 5 nitrogen and oxygen atoms in total. The van der Waals surface area contributed by atoms with E-state index in [-0.39, 0.29) is 30.5 Å². The van der Waals surface area contributed by atoms with Gasteiger partial charge in [-0.2, -0.15) is 0 Å². The van der Waals surface area contributed by atoms with Crippen LogP contribution in [-0.4, -0.2) is 18.5 Å². The van der Waals surface area contributed by atoms with Crippen LogP contribution in [0.25, 0.3) is 0 Å². The molecule has 7 heteroatoms. The number of ether oxygens (including phenoxy) is 1. The molecular formula is C25H24F2N2O3. The minimum atomic E-state index is -0.628. The zero-order valence-electron chi connectivity index (χ0n) is 17.6. The summed E-state index contributed by atoms with van der Waals surface area (Å²) in [6.45, 7) is 2.26. The van der Waals surface area contributed by atoms with E-state index in [9.17, 15) is 18.4 Å². The maximum atomic E-state index is 13.8. The van der Waals surface area contributed by atoms with Gasteiger partial charge in [-0.05, 0) is 59.9 Å². The molecule has 0 fully saturated rings. The highest BCUT2D eigenvalue weighted by atomic mass is 19.1. The molecule has 3 aromatic carbocycles. The van der Waals surface area contributed by atoms with Crippen LogP contribution in [-0.2, 0) is 17.8 Å². The number of carbonyl (C=O) groups is 2. The van der Waals surface area contributed by atoms with Gasteiger partial charge in [-0.1, -0.05) is 43.3 Å². The molecule has 0 aliphatic rings. The summed E-state index contributed by atoms with van der Waals surface area (Å²) in [6.07, 6.45) is -0.337. The predicted molar refractivity (Wildman–Crippen MR) is 118 cm³/mol. The summed E-state index contributed by atoms with van der Waals surface area (Å²) in [7, 11) is 0. The van der Waals surface area contributed by atoms with Crippen LogP contribution in [0, 0.1) is 17.6 Å². The van der Waals surface area contributed by atoms with Gasteiger partial charge in [0.1, 0.15) is 18.2 Å². The fraction of sp³-hybridized carbons (Fsp3) is 0.200. The van der Waals surface area contributed by atoms with Crippen molar-refractivity contribution in [3.05, 3.63) is 101 Å². The summed E-state index contributed by atoms with van der Waals surface area (Å²) in [5.74, 6) is -1.41. The van der Waals surface area contributed by atoms with E-state index in [0.29, 0.717) is 17.7 Å². The lowest BCUT2D eigenvalue weighted by atomic mass is 10.0. The molecule has 0 bridgehead atoms. The van der Waals surface area contributed by atoms with Gasteiger partial charge < -0.3 is 10.1 Å². The van der Waals surface area contributed by atoms with Crippen LogP contribution >= 0.6 is 0 Å². The fourth-order valence-electron chi connectivity index (χ4n) is 3.13. The first-order chi connectivity index (χ1) is 15.4. The molecule has 3 aromatic rings. The quantitative estimate of drug-likeness (QED) is 0.500. The van der Waals surface area contributed by atoms with E-state index in [1.807, 2.05) is 37.3 Å². The Hall–Kier alpha value is -3.74. The standard InChI is InChI=1S/C25H24F2N2O3/c1-17(12-20-13-21(26)10-11-23(20)27)15-28-24(30)19-8-5-9-22(14-19)29-25(31)32-16-18-6-3-2-4-7-18/h2-11,13-14,17H,12,15-16H2,1H3,(H,28,30)(H,29,31)/t17-/m1/s1. The van der Waals surface area contributed by atoms with Crippen molar-refractivity contribution < 1.29 is 23.1 Å². The van der Waals surface area contributed by atoms with Crippen LogP contribution < -0.4 is 10.6 Å². The second kappa shape index (κ2) is 11.0. The van der Waals surface area contributed by atoms with E-state index in [2.05, 4.69) is 10.6 Å². The minimum Gasteiger partial charge on any atom is -0.444 e. The highest BCUT2D eigenvalue weighted by molar-refractivity contribution is 5.96. The molecule has 166 valence electrons. The number of carbonyl (C=O) groups excluding carboxylic acids is 2. The smallest absolute Gasteiger partial charge is 0.411 e. The first-order valence-corrected chi connectivity index (χ1v) is 10.2. The van der Waals surface area contributed by atoms with Gasteiger partial charge in [0.15, 0.2) is 0 Å². The van der Waals surface area contributed by atoms with Gasteiger partial charge in [0.05, 0.1) is 0 Å². The van der Waals surface area contributed by atoms with E-state index in [0.717, 1.165) is 17.7 Å². The average molecular weight is 438 g/mol. The molecule has 0 radical (unpaired) electrons. The van der Waals surface area contributed by atoms with Crippen LogP contribution in [0.4, 0.5) is 19.3 Å². The van der Waals surface area contributed by atoms with Crippen LogP contribution in [0.5, 0.6) is 0 Å². The van der Waals surface area contributed by atoms with Gasteiger partial charge in [0.2, 0.25) is 0 Å². The van der Waals surface area contributed by atoms with Crippen LogP contribution in [0.15, 0.2) is 72.8 Å². The van der Waals surface area contributed by atoms with E-state index >= 15 is 0 Å². The van der Waals surface area contributed by atoms with Crippen molar-refractivity contribution in [2.45, 2.75) is 20.0 Å². The normalized spacial score (nSPS) is 11.5. The van der Waals surface area contributed by atoms with Crippen molar-refractivity contribution in [1.29, 1.82) is 0 Å². The third-order valence-corrected chi connectivity index (χ3v) is 4.77. The van der Waals surface area contributed by atoms with Gasteiger partial charge >= 0.3 is 6.09 Å². The molecule has 0 aliphatic carbocycles. The van der Waals surface area contributed by atoms with Crippen molar-refractivity contribution in [1.82, 2.24) is 5.32 Å². The molecule has 3 rings (SSSR count). The second-order valence-corrected chi connectivity index (χ2v) is 7.52. The molecule has 1 atom stereocenters. The van der Waals surface area contributed by atoms with Gasteiger partial charge in [0, 0.05) is 17.8 Å². The molecule has 0 aliphatic heterocycles. The van der Waals surface area contributed by atoms with Crippen molar-refractivity contribution in [2.75, 3.05) is 11.9 Å². The maximum Gasteiger partial charge on any atom is 0.411 e. The predicted octanol–water partition coefficient (Wildman–Crippen LogP) is 5.32. The second-order valence-electron chi connectivity index (χ2n) is 7.52. The monoisotopic (exact) mass is 438 g/mol. The average Bonchev–Trinajstić information content (AvgIpc) is 2.79. The van der Waals surface area contributed by atoms with E-state index in [1.54, 1.807) is 18.2 Å². The zero-order chi connectivity index (χ0) is 22.9. The first-order valence-electron chi connectivity index (χ1n) is 10.2. The molecule has 2 N–H and O–H groups in total. The van der Waals surface area contributed by atoms with Gasteiger partial charge in [0.25, 0.3) is 5.91 Å². The van der Waals surface area contributed by atoms with Crippen LogP contribution in [0.2, 0.25) is 0 Å². The highest BCUT2D eigenvalue weighted by Gasteiger charge is 2.13. The number of hydrogen-bond donors (Lipinski definition) is 2. The molecule has 2 amide bonds. The molecule has 0 heterocycles. The van der Waals surface area contributed by atoms with Crippen molar-refractivity contribution >= 4 is 17.7 Å². The molecule has 32 heavy (non-hydrogen) atoms. The van der Waals surface area contributed by atoms with Gasteiger partial charge in [-0.25, -0.2) is 13.6 Å². The Balaban J connectivity index is 1.49. The Morgan fingerprint density at radius 2 is 1.75 bits per heavy atom. The number of anilines is 1. The summed E-state index contributed by atoms with van der Waals surface area (Å²) in [5.41, 5.74) is 1.91. The van der Waals surface area contributed by atoms with Gasteiger partial charge in [-0.3, -0.25) is 10.1 Å². The number of amides is 2. The van der Waals surface area contributed by atoms with Crippen molar-refractivity contribution in [3.8, 4) is 0 Å². The lowest BCUT2D eigenvalue weighted by Crippen LogP contribution is -2.29. The van der Waals surface area contributed by atoms with Gasteiger partial charge in [-0.15, -0.1) is 0 Å². The largest absolute Gasteiger partial charge is 0.444 e. The summed E-state index contributed by atoms with van der Waals surface area (Å²) < 4.78 is 32.3. The fourth-order valence-corrected chi connectivity index (χ4v) is 3.13. The van der Waals surface area contributed by atoms with E-state index in [4.69, 9.17) is 4.74 Å². The number of nitrogens with one attached hydrogen (secondary N) is 2. The highest BCUT2D eigenvalue weighted by Crippen LogP contribution is 2.15.